The zero-order chi connectivity index (χ0) is 10.2. The molecule has 0 heterocycles. The second-order valence-corrected chi connectivity index (χ2v) is 1.43. The van der Waals surface area contributed by atoms with Gasteiger partial charge in [0.05, 0.1) is 26.4 Å². The van der Waals surface area contributed by atoms with Crippen LogP contribution in [-0.2, 0) is 33.2 Å². The van der Waals surface area contributed by atoms with Crippen molar-refractivity contribution in [3.05, 3.63) is 0 Å². The molecule has 0 aliphatic rings. The van der Waals surface area contributed by atoms with Crippen LogP contribution in [0, 0.1) is 0 Å². The van der Waals surface area contributed by atoms with Gasteiger partial charge in [0.15, 0.2) is 0 Å². The summed E-state index contributed by atoms with van der Waals surface area (Å²) in [5, 5.41) is 15.9. The zero-order valence-electron chi connectivity index (χ0n) is 7.45. The van der Waals surface area contributed by atoms with Crippen LogP contribution in [0.4, 0.5) is 0 Å². The van der Waals surface area contributed by atoms with Gasteiger partial charge in [0, 0.05) is 14.2 Å². The molecule has 12 heavy (non-hydrogen) atoms. The monoisotopic (exact) mass is 216 g/mol. The second-order valence-electron chi connectivity index (χ2n) is 1.43. The first-order valence-electron chi connectivity index (χ1n) is 3.23. The van der Waals surface area contributed by atoms with Crippen LogP contribution in [0.2, 0.25) is 0 Å². The Morgan fingerprint density at radius 3 is 1.25 bits per heavy atom. The third kappa shape index (κ3) is 47.8. The van der Waals surface area contributed by atoms with Crippen LogP contribution in [0.15, 0.2) is 0 Å². The summed E-state index contributed by atoms with van der Waals surface area (Å²) >= 11 is 0.750. The Morgan fingerprint density at radius 2 is 1.25 bits per heavy atom. The molecule has 0 amide bonds. The minimum atomic E-state index is 0.122. The summed E-state index contributed by atoms with van der Waals surface area (Å²) in [5.74, 6) is 0. The third-order valence-electron chi connectivity index (χ3n) is 0.591. The van der Waals surface area contributed by atoms with E-state index < -0.39 is 0 Å². The molecule has 0 unspecified atom stereocenters. The van der Waals surface area contributed by atoms with Crippen molar-refractivity contribution < 1.29 is 43.4 Å². The van der Waals surface area contributed by atoms with Crippen LogP contribution in [0.3, 0.4) is 0 Å². The van der Waals surface area contributed by atoms with Crippen LogP contribution in [0.1, 0.15) is 0 Å². The van der Waals surface area contributed by atoms with Gasteiger partial charge in [-0.05, 0) is 0 Å². The van der Waals surface area contributed by atoms with E-state index in [1.54, 1.807) is 14.2 Å². The summed E-state index contributed by atoms with van der Waals surface area (Å²) in [7, 11) is 3.10. The van der Waals surface area contributed by atoms with Crippen molar-refractivity contribution in [2.24, 2.45) is 0 Å². The molecule has 0 radical (unpaired) electrons. The Hall–Kier alpha value is 0.354. The molecule has 0 aromatic carbocycles. The molecule has 0 saturated heterocycles. The van der Waals surface area contributed by atoms with Gasteiger partial charge >= 0.3 is 23.7 Å². The van der Waals surface area contributed by atoms with Crippen molar-refractivity contribution in [3.63, 3.8) is 0 Å². The summed E-state index contributed by atoms with van der Waals surface area (Å²) in [4.78, 5) is 0. The molecule has 0 saturated carbocycles. The van der Waals surface area contributed by atoms with E-state index in [1.807, 2.05) is 0 Å². The number of hydrogen-bond acceptors (Lipinski definition) is 5. The molecule has 0 aromatic rings. The fourth-order valence-electron chi connectivity index (χ4n) is 0.183. The maximum absolute atomic E-state index is 8.25. The van der Waals surface area contributed by atoms with Crippen molar-refractivity contribution in [3.8, 4) is 0 Å². The molecule has 0 spiro atoms. The van der Waals surface area contributed by atoms with E-state index in [9.17, 15) is 0 Å². The first-order valence-corrected chi connectivity index (χ1v) is 3.87. The van der Waals surface area contributed by atoms with Crippen LogP contribution < -0.4 is 0 Å². The van der Waals surface area contributed by atoms with Crippen molar-refractivity contribution >= 4 is 0 Å². The predicted molar refractivity (Wildman–Crippen MR) is 38.6 cm³/mol. The van der Waals surface area contributed by atoms with Gasteiger partial charge in [-0.15, -0.1) is 0 Å². The number of hydrogen-bond donors (Lipinski definition) is 2. The quantitative estimate of drug-likeness (QED) is 0.597. The molecule has 0 aliphatic heterocycles. The van der Waals surface area contributed by atoms with E-state index in [2.05, 4.69) is 9.47 Å². The van der Waals surface area contributed by atoms with Crippen LogP contribution in [0.5, 0.6) is 0 Å². The van der Waals surface area contributed by atoms with E-state index in [0.29, 0.717) is 13.2 Å². The molecule has 0 aromatic heterocycles. The number of ether oxygens (including phenoxy) is 2. The molecule has 5 nitrogen and oxygen atoms in total. The fourth-order valence-corrected chi connectivity index (χ4v) is 0.183. The Balaban J connectivity index is -0.000000112. The summed E-state index contributed by atoms with van der Waals surface area (Å²) in [5.41, 5.74) is 0. The molecule has 0 fully saturated rings. The molecular weight excluding hydrogens is 200 g/mol. The number of methoxy groups -OCH3 is 2. The summed E-state index contributed by atoms with van der Waals surface area (Å²) in [6.45, 7) is 1.13. The predicted octanol–water partition coefficient (Wildman–Crippen LogP) is -0.871. The van der Waals surface area contributed by atoms with Crippen LogP contribution >= 0.6 is 0 Å². The van der Waals surface area contributed by atoms with Gasteiger partial charge < -0.3 is 19.7 Å². The number of rotatable bonds is 4. The Morgan fingerprint density at radius 1 is 1.00 bits per heavy atom. The molecule has 0 rings (SSSR count). The molecular formula is C6H16O5Ti. The van der Waals surface area contributed by atoms with E-state index >= 15 is 0 Å². The minimum absolute atomic E-state index is 0.122. The number of aliphatic hydroxyl groups excluding tert-OH is 2. The van der Waals surface area contributed by atoms with Crippen molar-refractivity contribution in [1.82, 2.24) is 0 Å². The normalized spacial score (nSPS) is 7.25. The van der Waals surface area contributed by atoms with Crippen molar-refractivity contribution in [2.45, 2.75) is 0 Å². The van der Waals surface area contributed by atoms with E-state index in [-0.39, 0.29) is 13.2 Å². The Kier molecular flexibility index (Phi) is 45.7. The summed E-state index contributed by atoms with van der Waals surface area (Å²) in [6.07, 6.45) is 0. The summed E-state index contributed by atoms with van der Waals surface area (Å²) < 4.78 is 17.1. The number of aliphatic hydroxyl groups is 2. The Labute approximate surface area is 84.4 Å². The summed E-state index contributed by atoms with van der Waals surface area (Å²) in [6, 6.07) is 0. The van der Waals surface area contributed by atoms with Gasteiger partial charge in [0.2, 0.25) is 0 Å². The first kappa shape index (κ1) is 18.2. The van der Waals surface area contributed by atoms with E-state index in [0.717, 1.165) is 20.4 Å². The standard InChI is InChI=1S/2C3H8O2.O.Ti/c2*1-5-3-2-4;;/h2*4H,2-3H2,1H3;;. The molecule has 0 bridgehead atoms. The van der Waals surface area contributed by atoms with Gasteiger partial charge in [0.1, 0.15) is 0 Å². The van der Waals surface area contributed by atoms with Gasteiger partial charge in [-0.3, -0.25) is 0 Å². The fraction of sp³-hybridized carbons (Fsp3) is 1.00. The van der Waals surface area contributed by atoms with Gasteiger partial charge in [0.25, 0.3) is 0 Å². The van der Waals surface area contributed by atoms with Gasteiger partial charge in [-0.25, -0.2) is 0 Å². The first-order chi connectivity index (χ1) is 5.83. The van der Waals surface area contributed by atoms with Crippen molar-refractivity contribution in [1.29, 1.82) is 0 Å². The second kappa shape index (κ2) is 30.1. The average Bonchev–Trinajstić information content (AvgIpc) is 2.12. The van der Waals surface area contributed by atoms with Crippen LogP contribution in [-0.4, -0.2) is 50.9 Å². The topological polar surface area (TPSA) is 76.0 Å². The Bertz CT molecular complexity index is 45.2. The average molecular weight is 216 g/mol. The maximum atomic E-state index is 8.25. The molecule has 2 N–H and O–H groups in total. The van der Waals surface area contributed by atoms with Gasteiger partial charge in [-0.2, -0.15) is 0 Å². The third-order valence-corrected chi connectivity index (χ3v) is 0.591. The van der Waals surface area contributed by atoms with Crippen molar-refractivity contribution in [2.75, 3.05) is 40.6 Å². The van der Waals surface area contributed by atoms with E-state index in [1.165, 1.54) is 0 Å². The molecule has 0 aliphatic carbocycles. The zero-order valence-corrected chi connectivity index (χ0v) is 9.01. The SMILES string of the molecule is COCCO.COCCO.[O]=[Ti]. The van der Waals surface area contributed by atoms with E-state index in [4.69, 9.17) is 13.5 Å². The molecule has 6 heteroatoms. The van der Waals surface area contributed by atoms with Gasteiger partial charge in [-0.1, -0.05) is 0 Å². The molecule has 0 atom stereocenters. The van der Waals surface area contributed by atoms with Crippen LogP contribution in [0.25, 0.3) is 0 Å². The molecule has 74 valence electrons.